The molecule has 0 aromatic heterocycles. The summed E-state index contributed by atoms with van der Waals surface area (Å²) in [6.07, 6.45) is 0.757. The SMILES string of the molecule is Cc1cc(F)ccc1CSCCC(NC=O)C(=O)O. The molecule has 0 bridgehead atoms. The zero-order valence-electron chi connectivity index (χ0n) is 10.6. The highest BCUT2D eigenvalue weighted by molar-refractivity contribution is 7.98. The molecule has 1 atom stereocenters. The van der Waals surface area contributed by atoms with Gasteiger partial charge in [-0.1, -0.05) is 6.07 Å². The summed E-state index contributed by atoms with van der Waals surface area (Å²) in [5.41, 5.74) is 1.91. The van der Waals surface area contributed by atoms with Gasteiger partial charge in [0, 0.05) is 5.75 Å². The highest BCUT2D eigenvalue weighted by atomic mass is 32.2. The van der Waals surface area contributed by atoms with Crippen LogP contribution in [0.1, 0.15) is 17.5 Å². The molecule has 0 saturated heterocycles. The minimum absolute atomic E-state index is 0.257. The van der Waals surface area contributed by atoms with Crippen molar-refractivity contribution in [3.63, 3.8) is 0 Å². The number of hydrogen-bond donors (Lipinski definition) is 2. The lowest BCUT2D eigenvalue weighted by molar-refractivity contribution is -0.140. The van der Waals surface area contributed by atoms with E-state index < -0.39 is 12.0 Å². The third-order valence-corrected chi connectivity index (χ3v) is 3.72. The molecule has 1 unspecified atom stereocenters. The minimum atomic E-state index is -1.04. The molecule has 6 heteroatoms. The van der Waals surface area contributed by atoms with Crippen LogP contribution >= 0.6 is 11.8 Å². The predicted molar refractivity (Wildman–Crippen MR) is 72.5 cm³/mol. The van der Waals surface area contributed by atoms with Gasteiger partial charge in [-0.3, -0.25) is 4.79 Å². The first kappa shape index (κ1) is 15.5. The first-order valence-electron chi connectivity index (χ1n) is 5.80. The first-order chi connectivity index (χ1) is 9.04. The summed E-state index contributed by atoms with van der Waals surface area (Å²) in [5, 5.41) is 11.1. The van der Waals surface area contributed by atoms with Gasteiger partial charge in [-0.15, -0.1) is 0 Å². The fourth-order valence-electron chi connectivity index (χ4n) is 1.56. The molecular formula is C13H16FNO3S. The van der Waals surface area contributed by atoms with E-state index in [4.69, 9.17) is 5.11 Å². The molecule has 1 aromatic carbocycles. The second kappa shape index (κ2) is 7.78. The largest absolute Gasteiger partial charge is 0.480 e. The van der Waals surface area contributed by atoms with E-state index in [1.54, 1.807) is 17.8 Å². The van der Waals surface area contributed by atoms with Crippen molar-refractivity contribution in [2.45, 2.75) is 25.1 Å². The molecule has 0 spiro atoms. The Bertz CT molecular complexity index is 454. The van der Waals surface area contributed by atoms with Crippen LogP contribution in [0.5, 0.6) is 0 Å². The van der Waals surface area contributed by atoms with Crippen molar-refractivity contribution in [1.82, 2.24) is 5.32 Å². The summed E-state index contributed by atoms with van der Waals surface area (Å²) in [5.74, 6) is 0.00628. The fraction of sp³-hybridized carbons (Fsp3) is 0.385. The molecule has 0 radical (unpaired) electrons. The summed E-state index contributed by atoms with van der Waals surface area (Å²) < 4.78 is 12.9. The van der Waals surface area contributed by atoms with Gasteiger partial charge >= 0.3 is 5.97 Å². The van der Waals surface area contributed by atoms with Crippen molar-refractivity contribution >= 4 is 24.1 Å². The molecule has 0 heterocycles. The molecule has 0 aliphatic heterocycles. The number of hydrogen-bond acceptors (Lipinski definition) is 3. The number of aliphatic carboxylic acids is 1. The number of carbonyl (C=O) groups is 2. The molecule has 0 aliphatic carbocycles. The molecular weight excluding hydrogens is 269 g/mol. The van der Waals surface area contributed by atoms with E-state index in [1.165, 1.54) is 12.1 Å². The maximum absolute atomic E-state index is 12.9. The van der Waals surface area contributed by atoms with Crippen LogP contribution in [0, 0.1) is 12.7 Å². The maximum atomic E-state index is 12.9. The molecule has 0 aliphatic rings. The van der Waals surface area contributed by atoms with E-state index in [9.17, 15) is 14.0 Å². The van der Waals surface area contributed by atoms with E-state index in [0.717, 1.165) is 11.1 Å². The van der Waals surface area contributed by atoms with E-state index in [-0.39, 0.29) is 5.82 Å². The fourth-order valence-corrected chi connectivity index (χ4v) is 2.66. The third-order valence-electron chi connectivity index (χ3n) is 2.68. The number of amides is 1. The number of nitrogens with one attached hydrogen (secondary N) is 1. The molecule has 19 heavy (non-hydrogen) atoms. The van der Waals surface area contributed by atoms with E-state index >= 15 is 0 Å². The monoisotopic (exact) mass is 285 g/mol. The van der Waals surface area contributed by atoms with Gasteiger partial charge in [0.2, 0.25) is 6.41 Å². The van der Waals surface area contributed by atoms with E-state index in [2.05, 4.69) is 5.32 Å². The first-order valence-corrected chi connectivity index (χ1v) is 6.95. The van der Waals surface area contributed by atoms with Crippen molar-refractivity contribution in [2.75, 3.05) is 5.75 Å². The molecule has 4 nitrogen and oxygen atoms in total. The van der Waals surface area contributed by atoms with Gasteiger partial charge in [-0.2, -0.15) is 11.8 Å². The average molecular weight is 285 g/mol. The van der Waals surface area contributed by atoms with E-state index in [0.29, 0.717) is 24.3 Å². The highest BCUT2D eigenvalue weighted by Crippen LogP contribution is 2.18. The second-order valence-electron chi connectivity index (χ2n) is 4.09. The van der Waals surface area contributed by atoms with Crippen LogP contribution in [0.2, 0.25) is 0 Å². The Morgan fingerprint density at radius 3 is 2.89 bits per heavy atom. The molecule has 1 rings (SSSR count). The van der Waals surface area contributed by atoms with Crippen LogP contribution in [0.3, 0.4) is 0 Å². The zero-order chi connectivity index (χ0) is 14.3. The zero-order valence-corrected chi connectivity index (χ0v) is 11.4. The average Bonchev–Trinajstić information content (AvgIpc) is 2.35. The molecule has 0 fully saturated rings. The number of rotatable bonds is 8. The number of halogens is 1. The van der Waals surface area contributed by atoms with Gasteiger partial charge in [-0.05, 0) is 42.4 Å². The van der Waals surface area contributed by atoms with Crippen molar-refractivity contribution in [3.05, 3.63) is 35.1 Å². The third kappa shape index (κ3) is 5.30. The number of carboxylic acids is 1. The van der Waals surface area contributed by atoms with Gasteiger partial charge in [-0.25, -0.2) is 9.18 Å². The lowest BCUT2D eigenvalue weighted by Crippen LogP contribution is -2.36. The van der Waals surface area contributed by atoms with Crippen molar-refractivity contribution in [2.24, 2.45) is 0 Å². The Hall–Kier alpha value is -1.56. The molecule has 1 amide bonds. The lowest BCUT2D eigenvalue weighted by atomic mass is 10.1. The van der Waals surface area contributed by atoms with Crippen LogP contribution in [-0.4, -0.2) is 29.3 Å². The van der Waals surface area contributed by atoms with Crippen molar-refractivity contribution in [1.29, 1.82) is 0 Å². The Balaban J connectivity index is 2.37. The van der Waals surface area contributed by atoms with Crippen molar-refractivity contribution in [3.8, 4) is 0 Å². The van der Waals surface area contributed by atoms with Crippen LogP contribution in [0.25, 0.3) is 0 Å². The second-order valence-corrected chi connectivity index (χ2v) is 5.19. The van der Waals surface area contributed by atoms with Gasteiger partial charge in [0.15, 0.2) is 0 Å². The Morgan fingerprint density at radius 1 is 1.58 bits per heavy atom. The molecule has 2 N–H and O–H groups in total. The van der Waals surface area contributed by atoms with Gasteiger partial charge in [0.1, 0.15) is 11.9 Å². The highest BCUT2D eigenvalue weighted by Gasteiger charge is 2.15. The number of aryl methyl sites for hydroxylation is 1. The molecule has 104 valence electrons. The lowest BCUT2D eigenvalue weighted by Gasteiger charge is -2.11. The van der Waals surface area contributed by atoms with Gasteiger partial charge < -0.3 is 10.4 Å². The number of thioether (sulfide) groups is 1. The standard InChI is InChI=1S/C13H16FNO3S/c1-9-6-11(14)3-2-10(9)7-19-5-4-12(13(17)18)15-8-16/h2-3,6,8,12H,4-5,7H2,1H3,(H,15,16)(H,17,18). The minimum Gasteiger partial charge on any atom is -0.480 e. The Kier molecular flexibility index (Phi) is 6.35. The summed E-state index contributed by atoms with van der Waals surface area (Å²) in [6.45, 7) is 1.84. The molecule has 1 aromatic rings. The van der Waals surface area contributed by atoms with Gasteiger partial charge in [0.25, 0.3) is 0 Å². The summed E-state index contributed by atoms with van der Waals surface area (Å²) >= 11 is 1.56. The van der Waals surface area contributed by atoms with Crippen LogP contribution in [-0.2, 0) is 15.3 Å². The number of carbonyl (C=O) groups excluding carboxylic acids is 1. The topological polar surface area (TPSA) is 66.4 Å². The maximum Gasteiger partial charge on any atom is 0.326 e. The van der Waals surface area contributed by atoms with E-state index in [1.807, 2.05) is 6.92 Å². The van der Waals surface area contributed by atoms with Crippen molar-refractivity contribution < 1.29 is 19.1 Å². The summed E-state index contributed by atoms with van der Waals surface area (Å²) in [6, 6.07) is 3.77. The quantitative estimate of drug-likeness (QED) is 0.566. The summed E-state index contributed by atoms with van der Waals surface area (Å²) in [7, 11) is 0. The van der Waals surface area contributed by atoms with Crippen LogP contribution in [0.4, 0.5) is 4.39 Å². The summed E-state index contributed by atoms with van der Waals surface area (Å²) in [4.78, 5) is 21.0. The number of benzene rings is 1. The van der Waals surface area contributed by atoms with Gasteiger partial charge in [0.05, 0.1) is 0 Å². The predicted octanol–water partition coefficient (Wildman–Crippen LogP) is 1.96. The van der Waals surface area contributed by atoms with Crippen LogP contribution < -0.4 is 5.32 Å². The van der Waals surface area contributed by atoms with Crippen LogP contribution in [0.15, 0.2) is 18.2 Å². The Labute approximate surface area is 115 Å². The number of carboxylic acid groups (broad SMARTS) is 1. The Morgan fingerprint density at radius 2 is 2.32 bits per heavy atom. The molecule has 0 saturated carbocycles. The normalized spacial score (nSPS) is 11.9. The smallest absolute Gasteiger partial charge is 0.326 e.